The van der Waals surface area contributed by atoms with E-state index in [0.29, 0.717) is 6.54 Å². The van der Waals surface area contributed by atoms with E-state index < -0.39 is 11.5 Å². The molecule has 1 rings (SSSR count). The van der Waals surface area contributed by atoms with Crippen LogP contribution >= 0.6 is 11.3 Å². The van der Waals surface area contributed by atoms with Gasteiger partial charge in [0.2, 0.25) is 5.91 Å². The van der Waals surface area contributed by atoms with Crippen molar-refractivity contribution in [1.82, 2.24) is 10.2 Å². The van der Waals surface area contributed by atoms with E-state index in [1.54, 1.807) is 32.2 Å². The van der Waals surface area contributed by atoms with Crippen LogP contribution in [0.2, 0.25) is 0 Å². The molecule has 18 heavy (non-hydrogen) atoms. The molecule has 2 N–H and O–H groups in total. The molecule has 1 aromatic heterocycles. The summed E-state index contributed by atoms with van der Waals surface area (Å²) in [7, 11) is 1.62. The summed E-state index contributed by atoms with van der Waals surface area (Å²) in [6.45, 7) is 3.69. The van der Waals surface area contributed by atoms with E-state index in [-0.39, 0.29) is 12.5 Å². The number of nitrogens with zero attached hydrogens (tertiary/aromatic N) is 1. The largest absolute Gasteiger partial charge is 0.480 e. The Balaban J connectivity index is 2.42. The lowest BCUT2D eigenvalue weighted by Crippen LogP contribution is -2.51. The van der Waals surface area contributed by atoms with Crippen molar-refractivity contribution in [2.45, 2.75) is 25.9 Å². The molecule has 0 fully saturated rings. The van der Waals surface area contributed by atoms with E-state index in [1.807, 2.05) is 17.5 Å². The number of nitrogens with one attached hydrogen (secondary N) is 1. The number of carbonyl (C=O) groups excluding carboxylic acids is 1. The van der Waals surface area contributed by atoms with E-state index in [9.17, 15) is 9.59 Å². The first-order valence-corrected chi connectivity index (χ1v) is 6.45. The normalized spacial score (nSPS) is 11.6. The Morgan fingerprint density at radius 3 is 2.67 bits per heavy atom. The number of thiophene rings is 1. The Morgan fingerprint density at radius 2 is 2.17 bits per heavy atom. The van der Waals surface area contributed by atoms with Gasteiger partial charge in [-0.3, -0.25) is 14.5 Å². The molecule has 0 radical (unpaired) electrons. The SMILES string of the molecule is CN(CC(=O)NCc1cccs1)C(C)(C)C(=O)O. The highest BCUT2D eigenvalue weighted by Gasteiger charge is 2.32. The second-order valence-electron chi connectivity index (χ2n) is 4.58. The molecule has 0 atom stereocenters. The van der Waals surface area contributed by atoms with Crippen molar-refractivity contribution in [2.75, 3.05) is 13.6 Å². The van der Waals surface area contributed by atoms with Gasteiger partial charge in [-0.1, -0.05) is 6.07 Å². The van der Waals surface area contributed by atoms with Gasteiger partial charge in [-0.15, -0.1) is 11.3 Å². The van der Waals surface area contributed by atoms with Crippen LogP contribution in [0.15, 0.2) is 17.5 Å². The zero-order chi connectivity index (χ0) is 13.8. The Hall–Kier alpha value is -1.40. The molecule has 0 aromatic carbocycles. The molecule has 0 saturated carbocycles. The molecular weight excluding hydrogens is 252 g/mol. The number of carboxylic acids is 1. The minimum absolute atomic E-state index is 0.0602. The molecule has 1 amide bonds. The van der Waals surface area contributed by atoms with E-state index >= 15 is 0 Å². The predicted octanol–water partition coefficient (Wildman–Crippen LogP) is 1.16. The maximum Gasteiger partial charge on any atom is 0.323 e. The fourth-order valence-corrected chi connectivity index (χ4v) is 1.88. The zero-order valence-corrected chi connectivity index (χ0v) is 11.6. The second-order valence-corrected chi connectivity index (χ2v) is 5.61. The molecule has 1 heterocycles. The van der Waals surface area contributed by atoms with Crippen molar-refractivity contribution in [3.8, 4) is 0 Å². The monoisotopic (exact) mass is 270 g/mol. The van der Waals surface area contributed by atoms with Crippen LogP contribution in [0, 0.1) is 0 Å². The minimum Gasteiger partial charge on any atom is -0.480 e. The van der Waals surface area contributed by atoms with Gasteiger partial charge in [0.15, 0.2) is 0 Å². The van der Waals surface area contributed by atoms with Crippen molar-refractivity contribution < 1.29 is 14.7 Å². The van der Waals surface area contributed by atoms with Crippen LogP contribution in [0.5, 0.6) is 0 Å². The minimum atomic E-state index is -1.06. The first-order chi connectivity index (χ1) is 8.34. The summed E-state index contributed by atoms with van der Waals surface area (Å²) in [5.74, 6) is -1.13. The summed E-state index contributed by atoms with van der Waals surface area (Å²) < 4.78 is 0. The van der Waals surface area contributed by atoms with Crippen LogP contribution in [0.4, 0.5) is 0 Å². The van der Waals surface area contributed by atoms with Crippen molar-refractivity contribution in [1.29, 1.82) is 0 Å². The Kier molecular flexibility index (Phi) is 4.86. The fraction of sp³-hybridized carbons (Fsp3) is 0.500. The standard InChI is InChI=1S/C12H18N2O3S/c1-12(2,11(16)17)14(3)8-10(15)13-7-9-5-4-6-18-9/h4-6H,7-8H2,1-3H3,(H,13,15)(H,16,17). The Morgan fingerprint density at radius 1 is 1.50 bits per heavy atom. The van der Waals surface area contributed by atoms with Crippen LogP contribution in [0.25, 0.3) is 0 Å². The number of hydrogen-bond donors (Lipinski definition) is 2. The lowest BCUT2D eigenvalue weighted by molar-refractivity contribution is -0.149. The molecular formula is C12H18N2O3S. The maximum absolute atomic E-state index is 11.7. The quantitative estimate of drug-likeness (QED) is 0.814. The number of aliphatic carboxylic acids is 1. The molecule has 5 nitrogen and oxygen atoms in total. The third kappa shape index (κ3) is 3.82. The number of amides is 1. The molecule has 0 aliphatic carbocycles. The fourth-order valence-electron chi connectivity index (χ4n) is 1.23. The molecule has 0 saturated heterocycles. The molecule has 0 unspecified atom stereocenters. The number of carboxylic acid groups (broad SMARTS) is 1. The summed E-state index contributed by atoms with van der Waals surface area (Å²) in [5.41, 5.74) is -1.06. The zero-order valence-electron chi connectivity index (χ0n) is 10.8. The molecule has 1 aromatic rings. The van der Waals surface area contributed by atoms with Crippen LogP contribution in [-0.4, -0.2) is 41.0 Å². The van der Waals surface area contributed by atoms with Gasteiger partial charge in [-0.2, -0.15) is 0 Å². The van der Waals surface area contributed by atoms with E-state index in [1.165, 1.54) is 4.90 Å². The van der Waals surface area contributed by atoms with Crippen molar-refractivity contribution in [2.24, 2.45) is 0 Å². The third-order valence-electron chi connectivity index (χ3n) is 2.90. The van der Waals surface area contributed by atoms with Crippen molar-refractivity contribution in [3.05, 3.63) is 22.4 Å². The number of rotatable bonds is 6. The molecule has 0 aliphatic heterocycles. The van der Waals surface area contributed by atoms with E-state index in [4.69, 9.17) is 5.11 Å². The number of carbonyl (C=O) groups is 2. The summed E-state index contributed by atoms with van der Waals surface area (Å²) in [5, 5.41) is 13.7. The average molecular weight is 270 g/mol. The second kappa shape index (κ2) is 5.97. The first-order valence-electron chi connectivity index (χ1n) is 5.57. The first kappa shape index (κ1) is 14.7. The molecule has 0 spiro atoms. The van der Waals surface area contributed by atoms with Crippen molar-refractivity contribution >= 4 is 23.2 Å². The van der Waals surface area contributed by atoms with Crippen LogP contribution in [-0.2, 0) is 16.1 Å². The van der Waals surface area contributed by atoms with Gasteiger partial charge in [-0.25, -0.2) is 0 Å². The van der Waals surface area contributed by atoms with Gasteiger partial charge in [0, 0.05) is 4.88 Å². The highest BCUT2D eigenvalue weighted by Crippen LogP contribution is 2.12. The lowest BCUT2D eigenvalue weighted by atomic mass is 10.0. The van der Waals surface area contributed by atoms with E-state index in [2.05, 4.69) is 5.32 Å². The maximum atomic E-state index is 11.7. The van der Waals surface area contributed by atoms with Crippen LogP contribution < -0.4 is 5.32 Å². The molecule has 0 aliphatic rings. The van der Waals surface area contributed by atoms with Gasteiger partial charge < -0.3 is 10.4 Å². The lowest BCUT2D eigenvalue weighted by Gasteiger charge is -2.30. The summed E-state index contributed by atoms with van der Waals surface area (Å²) in [6, 6.07) is 3.86. The Bertz CT molecular complexity index is 415. The summed E-state index contributed by atoms with van der Waals surface area (Å²) >= 11 is 1.57. The Labute approximate surface area is 110 Å². The summed E-state index contributed by atoms with van der Waals surface area (Å²) in [4.78, 5) is 25.3. The molecule has 6 heteroatoms. The number of hydrogen-bond acceptors (Lipinski definition) is 4. The van der Waals surface area contributed by atoms with Crippen LogP contribution in [0.1, 0.15) is 18.7 Å². The van der Waals surface area contributed by atoms with Gasteiger partial charge in [0.25, 0.3) is 0 Å². The highest BCUT2D eigenvalue weighted by atomic mass is 32.1. The highest BCUT2D eigenvalue weighted by molar-refractivity contribution is 7.09. The predicted molar refractivity (Wildman–Crippen MR) is 70.5 cm³/mol. The number of likely N-dealkylation sites (N-methyl/N-ethyl adjacent to an activating group) is 1. The summed E-state index contributed by atoms with van der Waals surface area (Å²) in [6.07, 6.45) is 0. The van der Waals surface area contributed by atoms with Crippen molar-refractivity contribution in [3.63, 3.8) is 0 Å². The van der Waals surface area contributed by atoms with Crippen LogP contribution in [0.3, 0.4) is 0 Å². The topological polar surface area (TPSA) is 69.6 Å². The van der Waals surface area contributed by atoms with Gasteiger partial charge in [0.1, 0.15) is 5.54 Å². The van der Waals surface area contributed by atoms with Gasteiger partial charge >= 0.3 is 5.97 Å². The van der Waals surface area contributed by atoms with E-state index in [0.717, 1.165) is 4.88 Å². The van der Waals surface area contributed by atoms with Gasteiger partial charge in [-0.05, 0) is 32.3 Å². The smallest absolute Gasteiger partial charge is 0.323 e. The van der Waals surface area contributed by atoms with Gasteiger partial charge in [0.05, 0.1) is 13.1 Å². The molecule has 0 bridgehead atoms. The average Bonchev–Trinajstić information content (AvgIpc) is 2.78. The molecule has 100 valence electrons. The third-order valence-corrected chi connectivity index (χ3v) is 3.77.